The summed E-state index contributed by atoms with van der Waals surface area (Å²) in [5.41, 5.74) is 2.72. The molecule has 3 heteroatoms. The molecule has 0 heterocycles. The van der Waals surface area contributed by atoms with E-state index in [9.17, 15) is 4.79 Å². The molecule has 1 atom stereocenters. The highest BCUT2D eigenvalue weighted by atomic mass is 16.2. The zero-order valence-corrected chi connectivity index (χ0v) is 12.1. The average Bonchev–Trinajstić information content (AvgIpc) is 2.34. The third-order valence-electron chi connectivity index (χ3n) is 3.41. The first-order valence-electron chi connectivity index (χ1n) is 7.05. The van der Waals surface area contributed by atoms with E-state index < -0.39 is 0 Å². The minimum absolute atomic E-state index is 0.0753. The lowest BCUT2D eigenvalue weighted by Gasteiger charge is -2.26. The molecule has 1 aromatic carbocycles. The van der Waals surface area contributed by atoms with Crippen molar-refractivity contribution in [2.24, 2.45) is 0 Å². The van der Waals surface area contributed by atoms with Gasteiger partial charge >= 0.3 is 0 Å². The van der Waals surface area contributed by atoms with Gasteiger partial charge in [-0.15, -0.1) is 0 Å². The molecule has 0 fully saturated rings. The third kappa shape index (κ3) is 4.35. The molecule has 0 saturated heterocycles. The summed E-state index contributed by atoms with van der Waals surface area (Å²) in [5, 5.41) is 6.35. The molecule has 2 N–H and O–H groups in total. The van der Waals surface area contributed by atoms with Crippen LogP contribution in [0.4, 0.5) is 0 Å². The first-order chi connectivity index (χ1) is 8.94. The van der Waals surface area contributed by atoms with Gasteiger partial charge in [0.25, 0.3) is 0 Å². The van der Waals surface area contributed by atoms with Crippen LogP contribution in [0.3, 0.4) is 0 Å². The SMILES string of the molecule is CC(C)(C)NC(=O)CNC1CCc2ccccc2C1. The van der Waals surface area contributed by atoms with E-state index >= 15 is 0 Å². The van der Waals surface area contributed by atoms with E-state index in [1.807, 2.05) is 20.8 Å². The Kier molecular flexibility index (Phi) is 4.25. The van der Waals surface area contributed by atoms with E-state index in [4.69, 9.17) is 0 Å². The van der Waals surface area contributed by atoms with Gasteiger partial charge in [-0.3, -0.25) is 4.79 Å². The molecule has 3 nitrogen and oxygen atoms in total. The van der Waals surface area contributed by atoms with E-state index in [0.717, 1.165) is 19.3 Å². The quantitative estimate of drug-likeness (QED) is 0.873. The lowest BCUT2D eigenvalue weighted by molar-refractivity contribution is -0.121. The van der Waals surface area contributed by atoms with Crippen LogP contribution in [0, 0.1) is 0 Å². The molecule has 1 unspecified atom stereocenters. The number of hydrogen-bond acceptors (Lipinski definition) is 2. The van der Waals surface area contributed by atoms with E-state index in [-0.39, 0.29) is 11.4 Å². The fourth-order valence-electron chi connectivity index (χ4n) is 2.57. The maximum absolute atomic E-state index is 11.8. The molecule has 104 valence electrons. The number of carbonyl (C=O) groups is 1. The van der Waals surface area contributed by atoms with Gasteiger partial charge in [0, 0.05) is 11.6 Å². The Bertz CT molecular complexity index is 448. The summed E-state index contributed by atoms with van der Waals surface area (Å²) in [6, 6.07) is 9.01. The molecule has 0 spiro atoms. The van der Waals surface area contributed by atoms with Gasteiger partial charge in [-0.2, -0.15) is 0 Å². The van der Waals surface area contributed by atoms with Gasteiger partial charge in [-0.05, 0) is 51.2 Å². The normalized spacial score (nSPS) is 18.8. The Morgan fingerprint density at radius 3 is 2.63 bits per heavy atom. The van der Waals surface area contributed by atoms with Crippen LogP contribution in [-0.2, 0) is 17.6 Å². The molecule has 1 aliphatic rings. The molecular weight excluding hydrogens is 236 g/mol. The number of benzene rings is 1. The Balaban J connectivity index is 1.81. The average molecular weight is 260 g/mol. The summed E-state index contributed by atoms with van der Waals surface area (Å²) in [7, 11) is 0. The van der Waals surface area contributed by atoms with Crippen molar-refractivity contribution in [1.82, 2.24) is 10.6 Å². The van der Waals surface area contributed by atoms with Gasteiger partial charge in [-0.25, -0.2) is 0 Å². The van der Waals surface area contributed by atoms with Crippen LogP contribution in [-0.4, -0.2) is 24.0 Å². The number of aryl methyl sites for hydroxylation is 1. The van der Waals surface area contributed by atoms with Crippen LogP contribution in [0.25, 0.3) is 0 Å². The van der Waals surface area contributed by atoms with E-state index in [1.165, 1.54) is 11.1 Å². The van der Waals surface area contributed by atoms with Crippen LogP contribution in [0.5, 0.6) is 0 Å². The Morgan fingerprint density at radius 2 is 1.95 bits per heavy atom. The number of amides is 1. The highest BCUT2D eigenvalue weighted by molar-refractivity contribution is 5.78. The summed E-state index contributed by atoms with van der Waals surface area (Å²) in [6.07, 6.45) is 3.24. The maximum atomic E-state index is 11.8. The highest BCUT2D eigenvalue weighted by Crippen LogP contribution is 2.20. The van der Waals surface area contributed by atoms with Gasteiger partial charge in [0.1, 0.15) is 0 Å². The van der Waals surface area contributed by atoms with Gasteiger partial charge in [0.15, 0.2) is 0 Å². The Hall–Kier alpha value is -1.35. The van der Waals surface area contributed by atoms with Crippen LogP contribution < -0.4 is 10.6 Å². The zero-order valence-electron chi connectivity index (χ0n) is 12.1. The maximum Gasteiger partial charge on any atom is 0.234 e. The molecule has 0 aliphatic heterocycles. The largest absolute Gasteiger partial charge is 0.350 e. The first kappa shape index (κ1) is 14.1. The summed E-state index contributed by atoms with van der Waals surface area (Å²) in [6.45, 7) is 6.41. The lowest BCUT2D eigenvalue weighted by Crippen LogP contribution is -2.47. The molecular formula is C16H24N2O. The predicted octanol–water partition coefficient (Wildman–Crippen LogP) is 2.05. The van der Waals surface area contributed by atoms with Gasteiger partial charge in [-0.1, -0.05) is 24.3 Å². The van der Waals surface area contributed by atoms with Gasteiger partial charge in [0.2, 0.25) is 5.91 Å². The van der Waals surface area contributed by atoms with Gasteiger partial charge < -0.3 is 10.6 Å². The van der Waals surface area contributed by atoms with Crippen molar-refractivity contribution in [3.05, 3.63) is 35.4 Å². The minimum Gasteiger partial charge on any atom is -0.350 e. The second-order valence-corrected chi connectivity index (χ2v) is 6.39. The second kappa shape index (κ2) is 5.74. The fourth-order valence-corrected chi connectivity index (χ4v) is 2.57. The van der Waals surface area contributed by atoms with E-state index in [2.05, 4.69) is 34.9 Å². The molecule has 2 rings (SSSR count). The number of carbonyl (C=O) groups excluding carboxylic acids is 1. The second-order valence-electron chi connectivity index (χ2n) is 6.39. The van der Waals surface area contributed by atoms with Crippen LogP contribution in [0.2, 0.25) is 0 Å². The predicted molar refractivity (Wildman–Crippen MR) is 78.2 cm³/mol. The number of nitrogens with one attached hydrogen (secondary N) is 2. The summed E-state index contributed by atoms with van der Waals surface area (Å²) in [4.78, 5) is 11.8. The van der Waals surface area contributed by atoms with E-state index in [0.29, 0.717) is 12.6 Å². The zero-order chi connectivity index (χ0) is 13.9. The molecule has 0 bridgehead atoms. The lowest BCUT2D eigenvalue weighted by atomic mass is 9.88. The fraction of sp³-hybridized carbons (Fsp3) is 0.562. The van der Waals surface area contributed by atoms with Crippen molar-refractivity contribution in [1.29, 1.82) is 0 Å². The highest BCUT2D eigenvalue weighted by Gasteiger charge is 2.19. The molecule has 19 heavy (non-hydrogen) atoms. The molecule has 0 radical (unpaired) electrons. The molecule has 1 amide bonds. The summed E-state index contributed by atoms with van der Waals surface area (Å²) >= 11 is 0. The topological polar surface area (TPSA) is 41.1 Å². The molecule has 0 aromatic heterocycles. The van der Waals surface area contributed by atoms with Crippen LogP contribution in [0.1, 0.15) is 38.3 Å². The Morgan fingerprint density at radius 1 is 1.26 bits per heavy atom. The van der Waals surface area contributed by atoms with Crippen molar-refractivity contribution >= 4 is 5.91 Å². The monoisotopic (exact) mass is 260 g/mol. The smallest absolute Gasteiger partial charge is 0.234 e. The summed E-state index contributed by atoms with van der Waals surface area (Å²) in [5.74, 6) is 0.0753. The first-order valence-corrected chi connectivity index (χ1v) is 7.05. The summed E-state index contributed by atoms with van der Waals surface area (Å²) < 4.78 is 0. The molecule has 1 aliphatic carbocycles. The number of hydrogen-bond donors (Lipinski definition) is 2. The van der Waals surface area contributed by atoms with Crippen molar-refractivity contribution in [2.45, 2.75) is 51.6 Å². The van der Waals surface area contributed by atoms with Crippen LogP contribution in [0.15, 0.2) is 24.3 Å². The minimum atomic E-state index is -0.155. The van der Waals surface area contributed by atoms with Crippen LogP contribution >= 0.6 is 0 Å². The number of fused-ring (bicyclic) bond motifs is 1. The van der Waals surface area contributed by atoms with Crippen molar-refractivity contribution in [3.63, 3.8) is 0 Å². The van der Waals surface area contributed by atoms with E-state index in [1.54, 1.807) is 0 Å². The third-order valence-corrected chi connectivity index (χ3v) is 3.41. The number of rotatable bonds is 3. The van der Waals surface area contributed by atoms with Gasteiger partial charge in [0.05, 0.1) is 6.54 Å². The Labute approximate surface area is 115 Å². The van der Waals surface area contributed by atoms with Crippen molar-refractivity contribution in [2.75, 3.05) is 6.54 Å². The van der Waals surface area contributed by atoms with Crippen molar-refractivity contribution in [3.8, 4) is 0 Å². The molecule has 1 aromatic rings. The van der Waals surface area contributed by atoms with Crippen molar-refractivity contribution < 1.29 is 4.79 Å². The standard InChI is InChI=1S/C16H24N2O/c1-16(2,3)18-15(19)11-17-14-9-8-12-6-4-5-7-13(12)10-14/h4-7,14,17H,8-11H2,1-3H3,(H,18,19). The molecule has 0 saturated carbocycles.